The van der Waals surface area contributed by atoms with Crippen molar-refractivity contribution in [2.45, 2.75) is 0 Å². The van der Waals surface area contributed by atoms with Crippen molar-refractivity contribution in [1.82, 2.24) is 9.72 Å². The maximum atomic E-state index is 5.61. The van der Waals surface area contributed by atoms with Gasteiger partial charge < -0.3 is 19.6 Å². The molecule has 92 valence electrons. The minimum Gasteiger partial charge on any atom is -0.496 e. The van der Waals surface area contributed by atoms with Gasteiger partial charge in [-0.2, -0.15) is 0 Å². The number of anilines is 1. The van der Waals surface area contributed by atoms with Crippen LogP contribution in [0.3, 0.4) is 0 Å². The number of fused-ring (bicyclic) bond motifs is 1. The van der Waals surface area contributed by atoms with Crippen molar-refractivity contribution in [3.05, 3.63) is 30.5 Å². The summed E-state index contributed by atoms with van der Waals surface area (Å²) in [6.45, 7) is 0. The summed E-state index contributed by atoms with van der Waals surface area (Å²) in [6.07, 6.45) is 1.99. The van der Waals surface area contributed by atoms with Crippen LogP contribution < -0.4 is 10.5 Å². The fourth-order valence-corrected chi connectivity index (χ4v) is 2.16. The molecule has 5 nitrogen and oxygen atoms in total. The lowest BCUT2D eigenvalue weighted by Gasteiger charge is -2.07. The zero-order valence-electron chi connectivity index (χ0n) is 10.2. The van der Waals surface area contributed by atoms with Crippen LogP contribution in [0.25, 0.3) is 22.2 Å². The van der Waals surface area contributed by atoms with Crippen LogP contribution in [0.1, 0.15) is 0 Å². The van der Waals surface area contributed by atoms with Crippen LogP contribution in [0.4, 0.5) is 5.82 Å². The minimum absolute atomic E-state index is 0.361. The van der Waals surface area contributed by atoms with E-state index in [0.717, 1.165) is 22.2 Å². The van der Waals surface area contributed by atoms with Gasteiger partial charge in [-0.3, -0.25) is 0 Å². The molecule has 0 saturated heterocycles. The first kappa shape index (κ1) is 10.7. The van der Waals surface area contributed by atoms with Crippen LogP contribution in [0.15, 0.2) is 35.0 Å². The number of hydrogen-bond acceptors (Lipinski definition) is 4. The van der Waals surface area contributed by atoms with Crippen LogP contribution in [0, 0.1) is 0 Å². The van der Waals surface area contributed by atoms with Gasteiger partial charge in [-0.15, -0.1) is 0 Å². The number of aromatic nitrogens is 2. The molecule has 0 unspecified atom stereocenters. The number of nitrogens with zero attached hydrogens (tertiary/aromatic N) is 2. The zero-order valence-corrected chi connectivity index (χ0v) is 10.2. The summed E-state index contributed by atoms with van der Waals surface area (Å²) < 4.78 is 12.7. The van der Waals surface area contributed by atoms with E-state index in [-0.39, 0.29) is 0 Å². The highest BCUT2D eigenvalue weighted by Gasteiger charge is 2.16. The Labute approximate surface area is 104 Å². The SMILES string of the molecule is COc1ccc2c(ccn2C)c1-c1cc(N)no1. The fourth-order valence-electron chi connectivity index (χ4n) is 2.16. The molecule has 0 aliphatic carbocycles. The van der Waals surface area contributed by atoms with Crippen LogP contribution in [-0.2, 0) is 7.05 Å². The molecule has 0 aliphatic heterocycles. The molecule has 0 fully saturated rings. The Kier molecular flexibility index (Phi) is 2.26. The molecule has 0 saturated carbocycles. The van der Waals surface area contributed by atoms with Crippen molar-refractivity contribution in [1.29, 1.82) is 0 Å². The molecular formula is C13H13N3O2. The molecule has 1 aromatic carbocycles. The van der Waals surface area contributed by atoms with Crippen molar-refractivity contribution < 1.29 is 9.26 Å². The first-order valence-electron chi connectivity index (χ1n) is 5.55. The summed E-state index contributed by atoms with van der Waals surface area (Å²) in [5.74, 6) is 1.71. The maximum Gasteiger partial charge on any atom is 0.173 e. The smallest absolute Gasteiger partial charge is 0.173 e. The molecule has 5 heteroatoms. The van der Waals surface area contributed by atoms with Gasteiger partial charge >= 0.3 is 0 Å². The van der Waals surface area contributed by atoms with Gasteiger partial charge in [0.15, 0.2) is 11.6 Å². The predicted molar refractivity (Wildman–Crippen MR) is 69.4 cm³/mol. The number of nitrogens with two attached hydrogens (primary N) is 1. The van der Waals surface area contributed by atoms with E-state index in [0.29, 0.717) is 11.6 Å². The summed E-state index contributed by atoms with van der Waals surface area (Å²) in [6, 6.07) is 7.64. The second-order valence-electron chi connectivity index (χ2n) is 4.12. The van der Waals surface area contributed by atoms with E-state index in [2.05, 4.69) is 5.16 Å². The molecule has 18 heavy (non-hydrogen) atoms. The van der Waals surface area contributed by atoms with Gasteiger partial charge in [0.1, 0.15) is 5.75 Å². The zero-order chi connectivity index (χ0) is 12.7. The number of aryl methyl sites for hydroxylation is 1. The molecule has 0 aliphatic rings. The van der Waals surface area contributed by atoms with Crippen molar-refractivity contribution in [2.24, 2.45) is 7.05 Å². The third-order valence-corrected chi connectivity index (χ3v) is 3.02. The quantitative estimate of drug-likeness (QED) is 0.750. The molecule has 0 spiro atoms. The van der Waals surface area contributed by atoms with E-state index in [1.807, 2.05) is 36.0 Å². The van der Waals surface area contributed by atoms with Crippen LogP contribution in [-0.4, -0.2) is 16.8 Å². The number of nitrogen functional groups attached to an aromatic ring is 1. The van der Waals surface area contributed by atoms with Gasteiger partial charge in [0, 0.05) is 30.2 Å². The van der Waals surface area contributed by atoms with Crippen molar-refractivity contribution >= 4 is 16.7 Å². The lowest BCUT2D eigenvalue weighted by Crippen LogP contribution is -1.90. The van der Waals surface area contributed by atoms with Crippen molar-refractivity contribution in [3.63, 3.8) is 0 Å². The normalized spacial score (nSPS) is 11.0. The monoisotopic (exact) mass is 243 g/mol. The minimum atomic E-state index is 0.361. The Bertz CT molecular complexity index is 712. The topological polar surface area (TPSA) is 66.2 Å². The molecule has 2 N–H and O–H groups in total. The van der Waals surface area contributed by atoms with Gasteiger partial charge in [-0.05, 0) is 18.2 Å². The predicted octanol–water partition coefficient (Wildman–Crippen LogP) is 2.42. The van der Waals surface area contributed by atoms with E-state index in [1.54, 1.807) is 13.2 Å². The molecule has 0 radical (unpaired) electrons. The van der Waals surface area contributed by atoms with Gasteiger partial charge in [-0.25, -0.2) is 0 Å². The van der Waals surface area contributed by atoms with Crippen LogP contribution >= 0.6 is 0 Å². The average molecular weight is 243 g/mol. The van der Waals surface area contributed by atoms with Crippen molar-refractivity contribution in [2.75, 3.05) is 12.8 Å². The molecule has 3 aromatic rings. The summed E-state index contributed by atoms with van der Waals surface area (Å²) >= 11 is 0. The number of rotatable bonds is 2. The first-order chi connectivity index (χ1) is 8.70. The third-order valence-electron chi connectivity index (χ3n) is 3.02. The Morgan fingerprint density at radius 1 is 1.33 bits per heavy atom. The Morgan fingerprint density at radius 2 is 2.17 bits per heavy atom. The molecule has 2 aromatic heterocycles. The Balaban J connectivity index is 2.36. The van der Waals surface area contributed by atoms with Gasteiger partial charge in [0.05, 0.1) is 12.7 Å². The van der Waals surface area contributed by atoms with E-state index in [1.165, 1.54) is 0 Å². The molecule has 0 amide bonds. The third kappa shape index (κ3) is 1.44. The molecule has 0 atom stereocenters. The van der Waals surface area contributed by atoms with Crippen molar-refractivity contribution in [3.8, 4) is 17.1 Å². The standard InChI is InChI=1S/C13H13N3O2/c1-16-6-5-8-9(16)3-4-10(17-2)13(8)11-7-12(14)15-18-11/h3-7H,1-2H3,(H2,14,15). The summed E-state index contributed by atoms with van der Waals surface area (Å²) in [7, 11) is 3.63. The largest absolute Gasteiger partial charge is 0.496 e. The first-order valence-corrected chi connectivity index (χ1v) is 5.55. The summed E-state index contributed by atoms with van der Waals surface area (Å²) in [4.78, 5) is 0. The number of hydrogen-bond donors (Lipinski definition) is 1. The van der Waals surface area contributed by atoms with E-state index >= 15 is 0 Å². The van der Waals surface area contributed by atoms with Gasteiger partial charge in [0.25, 0.3) is 0 Å². The Morgan fingerprint density at radius 3 is 2.83 bits per heavy atom. The molecular weight excluding hydrogens is 230 g/mol. The second-order valence-corrected chi connectivity index (χ2v) is 4.12. The number of ether oxygens (including phenoxy) is 1. The van der Waals surface area contributed by atoms with Crippen LogP contribution in [0.2, 0.25) is 0 Å². The molecule has 2 heterocycles. The number of methoxy groups -OCH3 is 1. The lowest BCUT2D eigenvalue weighted by atomic mass is 10.1. The maximum absolute atomic E-state index is 5.61. The molecule has 0 bridgehead atoms. The highest BCUT2D eigenvalue weighted by atomic mass is 16.5. The molecule has 3 rings (SSSR count). The van der Waals surface area contributed by atoms with E-state index < -0.39 is 0 Å². The van der Waals surface area contributed by atoms with E-state index in [4.69, 9.17) is 15.0 Å². The van der Waals surface area contributed by atoms with Gasteiger partial charge in [-0.1, -0.05) is 5.16 Å². The van der Waals surface area contributed by atoms with Crippen LogP contribution in [0.5, 0.6) is 5.75 Å². The fraction of sp³-hybridized carbons (Fsp3) is 0.154. The summed E-state index contributed by atoms with van der Waals surface area (Å²) in [5.41, 5.74) is 7.58. The number of benzene rings is 1. The second kappa shape index (κ2) is 3.80. The Hall–Kier alpha value is -2.43. The van der Waals surface area contributed by atoms with E-state index in [9.17, 15) is 0 Å². The average Bonchev–Trinajstić information content (AvgIpc) is 2.95. The van der Waals surface area contributed by atoms with Gasteiger partial charge in [0.2, 0.25) is 0 Å². The highest BCUT2D eigenvalue weighted by Crippen LogP contribution is 2.37. The highest BCUT2D eigenvalue weighted by molar-refractivity contribution is 5.97. The summed E-state index contributed by atoms with van der Waals surface area (Å²) in [5, 5.41) is 4.77. The lowest BCUT2D eigenvalue weighted by molar-refractivity contribution is 0.408.